The number of benzene rings is 3. The monoisotopic (exact) mass is 544 g/mol. The number of ether oxygens (including phenoxy) is 1. The molecule has 0 N–H and O–H groups in total. The van der Waals surface area contributed by atoms with Gasteiger partial charge in [-0.1, -0.05) is 82.6 Å². The van der Waals surface area contributed by atoms with Crippen molar-refractivity contribution in [3.8, 4) is 22.6 Å². The summed E-state index contributed by atoms with van der Waals surface area (Å²) in [5.41, 5.74) is 1.94. The minimum atomic E-state index is -4.49. The van der Waals surface area contributed by atoms with Crippen molar-refractivity contribution in [1.82, 2.24) is 0 Å². The van der Waals surface area contributed by atoms with Gasteiger partial charge in [0.05, 0.1) is 5.56 Å². The molecule has 0 aliphatic heterocycles. The molecule has 3 aromatic rings. The van der Waals surface area contributed by atoms with Crippen molar-refractivity contribution in [2.75, 3.05) is 0 Å². The average molecular weight is 545 g/mol. The van der Waals surface area contributed by atoms with E-state index in [4.69, 9.17) is 4.74 Å². The van der Waals surface area contributed by atoms with Gasteiger partial charge in [0.15, 0.2) is 11.6 Å². The van der Waals surface area contributed by atoms with Crippen molar-refractivity contribution in [3.05, 3.63) is 82.9 Å². The fourth-order valence-corrected chi connectivity index (χ4v) is 5.66. The zero-order chi connectivity index (χ0) is 28.0. The first-order valence-corrected chi connectivity index (χ1v) is 14.1. The van der Waals surface area contributed by atoms with Gasteiger partial charge in [0, 0.05) is 5.56 Å². The summed E-state index contributed by atoms with van der Waals surface area (Å²) in [7, 11) is 0. The molecular weight excluding hydrogens is 507 g/mol. The van der Waals surface area contributed by atoms with Crippen LogP contribution >= 0.6 is 0 Å². The fraction of sp³-hybridized carbons (Fsp3) is 0.455. The zero-order valence-corrected chi connectivity index (χ0v) is 22.7. The molecule has 1 saturated carbocycles. The summed E-state index contributed by atoms with van der Waals surface area (Å²) < 4.78 is 73.3. The van der Waals surface area contributed by atoms with E-state index in [2.05, 4.69) is 6.92 Å². The lowest BCUT2D eigenvalue weighted by atomic mass is 9.78. The van der Waals surface area contributed by atoms with Gasteiger partial charge < -0.3 is 4.74 Å². The lowest BCUT2D eigenvalue weighted by Crippen LogP contribution is -2.15. The van der Waals surface area contributed by atoms with Gasteiger partial charge in [-0.15, -0.1) is 0 Å². The highest BCUT2D eigenvalue weighted by Crippen LogP contribution is 2.38. The second-order valence-electron chi connectivity index (χ2n) is 10.9. The first-order valence-electron chi connectivity index (χ1n) is 14.1. The molecule has 210 valence electrons. The lowest BCUT2D eigenvalue weighted by Gasteiger charge is -2.28. The van der Waals surface area contributed by atoms with Crippen molar-refractivity contribution in [2.24, 2.45) is 11.8 Å². The Morgan fingerprint density at radius 3 is 2.03 bits per heavy atom. The topological polar surface area (TPSA) is 9.23 Å². The van der Waals surface area contributed by atoms with Crippen LogP contribution in [-0.4, -0.2) is 0 Å². The molecule has 0 amide bonds. The third kappa shape index (κ3) is 7.61. The van der Waals surface area contributed by atoms with Gasteiger partial charge in [0.25, 0.3) is 0 Å². The molecule has 1 aliphatic carbocycles. The second kappa shape index (κ2) is 13.0. The van der Waals surface area contributed by atoms with Gasteiger partial charge in [-0.25, -0.2) is 4.39 Å². The molecule has 39 heavy (non-hydrogen) atoms. The summed E-state index contributed by atoms with van der Waals surface area (Å²) >= 11 is 0. The minimum absolute atomic E-state index is 0.00751. The first-order chi connectivity index (χ1) is 18.7. The third-order valence-electron chi connectivity index (χ3n) is 8.11. The quantitative estimate of drug-likeness (QED) is 0.182. The van der Waals surface area contributed by atoms with Crippen LogP contribution in [0.4, 0.5) is 22.0 Å². The third-order valence-corrected chi connectivity index (χ3v) is 8.11. The Hall–Kier alpha value is -2.89. The molecule has 0 radical (unpaired) electrons. The predicted octanol–water partition coefficient (Wildman–Crippen LogP) is 11.1. The van der Waals surface area contributed by atoms with Crippen LogP contribution in [0.1, 0.15) is 81.4 Å². The summed E-state index contributed by atoms with van der Waals surface area (Å²) in [6.07, 6.45) is 8.33. The maximum Gasteiger partial charge on any atom is 0.416 e. The van der Waals surface area contributed by atoms with E-state index in [9.17, 15) is 22.0 Å². The van der Waals surface area contributed by atoms with Crippen LogP contribution in [0.15, 0.2) is 54.6 Å². The maximum atomic E-state index is 14.7. The largest absolute Gasteiger partial charge is 0.454 e. The maximum absolute atomic E-state index is 14.7. The Labute approximate surface area is 228 Å². The average Bonchev–Trinajstić information content (AvgIpc) is 2.93. The molecule has 0 aromatic heterocycles. The summed E-state index contributed by atoms with van der Waals surface area (Å²) in [5.74, 6) is -0.921. The highest BCUT2D eigenvalue weighted by Gasteiger charge is 2.30. The van der Waals surface area contributed by atoms with Gasteiger partial charge in [0.2, 0.25) is 5.82 Å². The van der Waals surface area contributed by atoms with E-state index in [0.29, 0.717) is 11.1 Å². The molecule has 0 atom stereocenters. The number of alkyl halides is 3. The summed E-state index contributed by atoms with van der Waals surface area (Å²) in [5, 5.41) is 0. The van der Waals surface area contributed by atoms with Crippen molar-refractivity contribution >= 4 is 0 Å². The standard InChI is InChI=1S/C33H37F5O/c1-3-4-5-6-23-7-9-24(10-8-23)11-12-25-13-15-26(16-14-25)29-21-30(34)31(35)32(22(29)2)39-28-19-17-27(18-20-28)33(36,37)38/h13-21,23-24H,3-12H2,1-2H3/t23-,24-. The van der Waals surface area contributed by atoms with Gasteiger partial charge >= 0.3 is 6.18 Å². The van der Waals surface area contributed by atoms with E-state index in [0.717, 1.165) is 60.6 Å². The number of rotatable bonds is 10. The SMILES string of the molecule is CCCCC[C@H]1CC[C@H](CCc2ccc(-c3cc(F)c(F)c(Oc4ccc(C(F)(F)F)cc4)c3C)cc2)CC1. The van der Waals surface area contributed by atoms with Crippen molar-refractivity contribution in [2.45, 2.75) is 84.2 Å². The number of hydrogen-bond acceptors (Lipinski definition) is 1. The Bertz CT molecular complexity index is 1210. The van der Waals surface area contributed by atoms with Crippen LogP contribution < -0.4 is 4.74 Å². The van der Waals surface area contributed by atoms with Crippen LogP contribution in [0.3, 0.4) is 0 Å². The molecule has 0 heterocycles. The van der Waals surface area contributed by atoms with E-state index in [1.807, 2.05) is 24.3 Å². The normalized spacial score (nSPS) is 17.8. The van der Waals surface area contributed by atoms with Crippen LogP contribution in [0.5, 0.6) is 11.5 Å². The van der Waals surface area contributed by atoms with E-state index in [1.165, 1.54) is 56.9 Å². The van der Waals surface area contributed by atoms with Crippen molar-refractivity contribution in [1.29, 1.82) is 0 Å². The Balaban J connectivity index is 1.40. The van der Waals surface area contributed by atoms with E-state index < -0.39 is 23.4 Å². The molecule has 0 saturated heterocycles. The summed E-state index contributed by atoms with van der Waals surface area (Å²) in [6, 6.07) is 12.9. The van der Waals surface area contributed by atoms with Gasteiger partial charge in [0.1, 0.15) is 5.75 Å². The number of unbranched alkanes of at least 4 members (excludes halogenated alkanes) is 2. The molecule has 1 nitrogen and oxygen atoms in total. The van der Waals surface area contributed by atoms with Crippen LogP contribution in [0, 0.1) is 30.4 Å². The molecule has 0 unspecified atom stereocenters. The Morgan fingerprint density at radius 1 is 0.821 bits per heavy atom. The predicted molar refractivity (Wildman–Crippen MR) is 146 cm³/mol. The van der Waals surface area contributed by atoms with Gasteiger partial charge in [-0.2, -0.15) is 17.6 Å². The molecule has 6 heteroatoms. The number of halogens is 5. The molecular formula is C33H37F5O. The fourth-order valence-electron chi connectivity index (χ4n) is 5.66. The van der Waals surface area contributed by atoms with Crippen LogP contribution in [0.25, 0.3) is 11.1 Å². The minimum Gasteiger partial charge on any atom is -0.454 e. The van der Waals surface area contributed by atoms with E-state index in [-0.39, 0.29) is 11.5 Å². The second-order valence-corrected chi connectivity index (χ2v) is 10.9. The van der Waals surface area contributed by atoms with Crippen LogP contribution in [0.2, 0.25) is 0 Å². The molecule has 0 spiro atoms. The molecule has 1 aliphatic rings. The van der Waals surface area contributed by atoms with Gasteiger partial charge in [-0.3, -0.25) is 0 Å². The number of aryl methyl sites for hydroxylation is 1. The molecule has 0 bridgehead atoms. The zero-order valence-electron chi connectivity index (χ0n) is 22.7. The molecule has 3 aromatic carbocycles. The summed E-state index contributed by atoms with van der Waals surface area (Å²) in [4.78, 5) is 0. The smallest absolute Gasteiger partial charge is 0.416 e. The van der Waals surface area contributed by atoms with Gasteiger partial charge in [-0.05, 0) is 78.6 Å². The summed E-state index contributed by atoms with van der Waals surface area (Å²) in [6.45, 7) is 3.87. The molecule has 1 fully saturated rings. The lowest BCUT2D eigenvalue weighted by molar-refractivity contribution is -0.137. The highest BCUT2D eigenvalue weighted by molar-refractivity contribution is 5.70. The molecule has 4 rings (SSSR count). The van der Waals surface area contributed by atoms with Crippen molar-refractivity contribution in [3.63, 3.8) is 0 Å². The number of hydrogen-bond donors (Lipinski definition) is 0. The Morgan fingerprint density at radius 2 is 1.44 bits per heavy atom. The van der Waals surface area contributed by atoms with E-state index >= 15 is 0 Å². The first kappa shape index (κ1) is 29.1. The Kier molecular flexibility index (Phi) is 9.68. The van der Waals surface area contributed by atoms with Crippen molar-refractivity contribution < 1.29 is 26.7 Å². The van der Waals surface area contributed by atoms with Crippen LogP contribution in [-0.2, 0) is 12.6 Å². The highest BCUT2D eigenvalue weighted by atomic mass is 19.4. The van der Waals surface area contributed by atoms with E-state index in [1.54, 1.807) is 6.92 Å².